The molecule has 2 atom stereocenters. The fraction of sp³-hybridized carbons (Fsp3) is 0.500. The van der Waals surface area contributed by atoms with E-state index in [-0.39, 0.29) is 12.7 Å². The number of benzene rings is 1. The third-order valence-electron chi connectivity index (χ3n) is 3.62. The summed E-state index contributed by atoms with van der Waals surface area (Å²) in [6, 6.07) is 7.54. The molecule has 1 aliphatic heterocycles. The minimum Gasteiger partial charge on any atom is -0.392 e. The van der Waals surface area contributed by atoms with Gasteiger partial charge in [-0.3, -0.25) is 0 Å². The van der Waals surface area contributed by atoms with Crippen molar-refractivity contribution in [3.8, 4) is 6.07 Å². The maximum Gasteiger partial charge on any atom is 0.101 e. The standard InChI is InChI=1S/C14H18N2O2/c1-10-4-5-16(8-14(10)18)13-3-2-11(9-17)6-12(13)7-15/h2-3,6,10,14,17-18H,4-5,8-9H2,1H3. The Bertz CT molecular complexity index is 467. The first-order valence-electron chi connectivity index (χ1n) is 6.22. The van der Waals surface area contributed by atoms with E-state index in [0.717, 1.165) is 24.2 Å². The van der Waals surface area contributed by atoms with Crippen molar-refractivity contribution in [3.05, 3.63) is 29.3 Å². The zero-order chi connectivity index (χ0) is 13.1. The largest absolute Gasteiger partial charge is 0.392 e. The van der Waals surface area contributed by atoms with Crippen LogP contribution in [0.1, 0.15) is 24.5 Å². The number of hydrogen-bond donors (Lipinski definition) is 2. The summed E-state index contributed by atoms with van der Waals surface area (Å²) >= 11 is 0. The molecule has 1 heterocycles. The van der Waals surface area contributed by atoms with Gasteiger partial charge in [-0.05, 0) is 30.0 Å². The molecule has 1 aromatic rings. The van der Waals surface area contributed by atoms with Crippen molar-refractivity contribution in [1.29, 1.82) is 5.26 Å². The molecule has 18 heavy (non-hydrogen) atoms. The average Bonchev–Trinajstić information content (AvgIpc) is 2.41. The van der Waals surface area contributed by atoms with Crippen LogP contribution >= 0.6 is 0 Å². The lowest BCUT2D eigenvalue weighted by atomic mass is 9.95. The van der Waals surface area contributed by atoms with Crippen LogP contribution in [-0.4, -0.2) is 29.4 Å². The van der Waals surface area contributed by atoms with Gasteiger partial charge in [0.15, 0.2) is 0 Å². The molecule has 0 aromatic heterocycles. The second-order valence-electron chi connectivity index (χ2n) is 4.90. The highest BCUT2D eigenvalue weighted by Crippen LogP contribution is 2.27. The fourth-order valence-electron chi connectivity index (χ4n) is 2.31. The van der Waals surface area contributed by atoms with E-state index in [2.05, 4.69) is 6.07 Å². The zero-order valence-electron chi connectivity index (χ0n) is 10.5. The number of nitriles is 1. The summed E-state index contributed by atoms with van der Waals surface area (Å²) in [6.45, 7) is 3.40. The maximum absolute atomic E-state index is 9.91. The smallest absolute Gasteiger partial charge is 0.101 e. The third kappa shape index (κ3) is 2.47. The Morgan fingerprint density at radius 2 is 2.28 bits per heavy atom. The van der Waals surface area contributed by atoms with E-state index in [4.69, 9.17) is 10.4 Å². The fourth-order valence-corrected chi connectivity index (χ4v) is 2.31. The van der Waals surface area contributed by atoms with Crippen molar-refractivity contribution in [2.24, 2.45) is 5.92 Å². The summed E-state index contributed by atoms with van der Waals surface area (Å²) in [5.41, 5.74) is 2.14. The van der Waals surface area contributed by atoms with Crippen molar-refractivity contribution in [3.63, 3.8) is 0 Å². The van der Waals surface area contributed by atoms with E-state index in [1.807, 2.05) is 24.0 Å². The van der Waals surface area contributed by atoms with Gasteiger partial charge in [-0.1, -0.05) is 13.0 Å². The molecular weight excluding hydrogens is 228 g/mol. The lowest BCUT2D eigenvalue weighted by Gasteiger charge is -2.36. The molecular formula is C14H18N2O2. The third-order valence-corrected chi connectivity index (χ3v) is 3.62. The Labute approximate surface area is 107 Å². The van der Waals surface area contributed by atoms with Gasteiger partial charge in [-0.2, -0.15) is 5.26 Å². The highest BCUT2D eigenvalue weighted by Gasteiger charge is 2.25. The second kappa shape index (κ2) is 5.38. The molecule has 0 radical (unpaired) electrons. The van der Waals surface area contributed by atoms with Crippen LogP contribution in [0.5, 0.6) is 0 Å². The number of anilines is 1. The molecule has 0 saturated carbocycles. The van der Waals surface area contributed by atoms with Gasteiger partial charge in [0.2, 0.25) is 0 Å². The Morgan fingerprint density at radius 1 is 1.50 bits per heavy atom. The molecule has 1 fully saturated rings. The number of piperidine rings is 1. The van der Waals surface area contributed by atoms with E-state index in [1.54, 1.807) is 6.07 Å². The quantitative estimate of drug-likeness (QED) is 0.824. The first kappa shape index (κ1) is 12.9. The number of β-amino-alcohol motifs (C(OH)–C–C–N with tert-alkyl or cyclic N) is 1. The van der Waals surface area contributed by atoms with Gasteiger partial charge in [0.05, 0.1) is 24.0 Å². The summed E-state index contributed by atoms with van der Waals surface area (Å²) < 4.78 is 0. The highest BCUT2D eigenvalue weighted by atomic mass is 16.3. The first-order valence-corrected chi connectivity index (χ1v) is 6.22. The number of rotatable bonds is 2. The van der Waals surface area contributed by atoms with Gasteiger partial charge >= 0.3 is 0 Å². The number of nitrogens with zero attached hydrogens (tertiary/aromatic N) is 2. The molecule has 4 nitrogen and oxygen atoms in total. The van der Waals surface area contributed by atoms with E-state index >= 15 is 0 Å². The zero-order valence-corrected chi connectivity index (χ0v) is 10.5. The summed E-state index contributed by atoms with van der Waals surface area (Å²) in [6.07, 6.45) is 0.580. The summed E-state index contributed by atoms with van der Waals surface area (Å²) in [5.74, 6) is 0.309. The number of aliphatic hydroxyl groups excluding tert-OH is 2. The lowest BCUT2D eigenvalue weighted by molar-refractivity contribution is 0.103. The van der Waals surface area contributed by atoms with Crippen LogP contribution in [0.15, 0.2) is 18.2 Å². The minimum atomic E-state index is -0.345. The van der Waals surface area contributed by atoms with Crippen molar-refractivity contribution < 1.29 is 10.2 Å². The van der Waals surface area contributed by atoms with Crippen molar-refractivity contribution in [2.45, 2.75) is 26.1 Å². The first-order chi connectivity index (χ1) is 8.65. The van der Waals surface area contributed by atoms with Crippen LogP contribution < -0.4 is 4.90 Å². The van der Waals surface area contributed by atoms with Gasteiger partial charge < -0.3 is 15.1 Å². The molecule has 0 bridgehead atoms. The minimum absolute atomic E-state index is 0.0609. The Kier molecular flexibility index (Phi) is 3.85. The highest BCUT2D eigenvalue weighted by molar-refractivity contribution is 5.60. The van der Waals surface area contributed by atoms with Crippen LogP contribution in [0.2, 0.25) is 0 Å². The number of aliphatic hydroxyl groups is 2. The van der Waals surface area contributed by atoms with Crippen LogP contribution in [0.25, 0.3) is 0 Å². The molecule has 4 heteroatoms. The lowest BCUT2D eigenvalue weighted by Crippen LogP contribution is -2.43. The Morgan fingerprint density at radius 3 is 2.89 bits per heavy atom. The van der Waals surface area contributed by atoms with Crippen LogP contribution in [0.3, 0.4) is 0 Å². The van der Waals surface area contributed by atoms with E-state index in [0.29, 0.717) is 18.0 Å². The van der Waals surface area contributed by atoms with E-state index in [9.17, 15) is 5.11 Å². The SMILES string of the molecule is CC1CCN(c2ccc(CO)cc2C#N)CC1O. The number of hydrogen-bond acceptors (Lipinski definition) is 4. The van der Waals surface area contributed by atoms with Gasteiger partial charge in [0.25, 0.3) is 0 Å². The van der Waals surface area contributed by atoms with E-state index in [1.165, 1.54) is 0 Å². The predicted molar refractivity (Wildman–Crippen MR) is 69.1 cm³/mol. The average molecular weight is 246 g/mol. The monoisotopic (exact) mass is 246 g/mol. The second-order valence-corrected chi connectivity index (χ2v) is 4.90. The molecule has 2 rings (SSSR count). The van der Waals surface area contributed by atoms with Gasteiger partial charge in [-0.15, -0.1) is 0 Å². The maximum atomic E-state index is 9.91. The Hall–Kier alpha value is -1.57. The van der Waals surface area contributed by atoms with Crippen LogP contribution in [0, 0.1) is 17.2 Å². The molecule has 0 aliphatic carbocycles. The van der Waals surface area contributed by atoms with Gasteiger partial charge in [0.1, 0.15) is 6.07 Å². The molecule has 2 unspecified atom stereocenters. The molecule has 0 amide bonds. The van der Waals surface area contributed by atoms with Gasteiger partial charge in [0, 0.05) is 13.1 Å². The molecule has 0 spiro atoms. The van der Waals surface area contributed by atoms with Gasteiger partial charge in [-0.25, -0.2) is 0 Å². The normalized spacial score (nSPS) is 23.8. The Balaban J connectivity index is 2.26. The molecule has 2 N–H and O–H groups in total. The summed E-state index contributed by atoms with van der Waals surface area (Å²) in [5, 5.41) is 28.1. The van der Waals surface area contributed by atoms with Crippen molar-refractivity contribution in [2.75, 3.05) is 18.0 Å². The molecule has 1 aromatic carbocycles. The predicted octanol–water partition coefficient (Wildman–Crippen LogP) is 1.26. The van der Waals surface area contributed by atoms with Crippen molar-refractivity contribution >= 4 is 5.69 Å². The topological polar surface area (TPSA) is 67.5 Å². The van der Waals surface area contributed by atoms with E-state index < -0.39 is 0 Å². The van der Waals surface area contributed by atoms with Crippen molar-refractivity contribution in [1.82, 2.24) is 0 Å². The molecule has 1 saturated heterocycles. The van der Waals surface area contributed by atoms with Crippen LogP contribution in [0.4, 0.5) is 5.69 Å². The van der Waals surface area contributed by atoms with Crippen LogP contribution in [-0.2, 0) is 6.61 Å². The molecule has 1 aliphatic rings. The summed E-state index contributed by atoms with van der Waals surface area (Å²) in [7, 11) is 0. The summed E-state index contributed by atoms with van der Waals surface area (Å²) in [4.78, 5) is 2.05. The molecule has 96 valence electrons.